The number of aryl methyl sites for hydroxylation is 2. The molecule has 1 aromatic heterocycles. The molecule has 1 aliphatic heterocycles. The summed E-state index contributed by atoms with van der Waals surface area (Å²) < 4.78 is 1.81. The van der Waals surface area contributed by atoms with Gasteiger partial charge in [0.05, 0.1) is 6.20 Å². The molecular formula is C30H29ClN4O2. The molecule has 6 nitrogen and oxygen atoms in total. The Morgan fingerprint density at radius 3 is 2.38 bits per heavy atom. The summed E-state index contributed by atoms with van der Waals surface area (Å²) in [6.07, 6.45) is 5.72. The van der Waals surface area contributed by atoms with Crippen LogP contribution in [0.25, 0.3) is 11.1 Å². The number of piperidine rings is 1. The molecule has 1 saturated heterocycles. The number of halogens is 1. The van der Waals surface area contributed by atoms with E-state index < -0.39 is 0 Å². The van der Waals surface area contributed by atoms with Crippen LogP contribution in [-0.4, -0.2) is 39.6 Å². The summed E-state index contributed by atoms with van der Waals surface area (Å²) in [6, 6.07) is 21.0. The predicted octanol–water partition coefficient (Wildman–Crippen LogP) is 6.32. The number of benzene rings is 3. The van der Waals surface area contributed by atoms with Crippen LogP contribution in [0.1, 0.15) is 50.6 Å². The first-order valence-electron chi connectivity index (χ1n) is 12.4. The Labute approximate surface area is 221 Å². The summed E-state index contributed by atoms with van der Waals surface area (Å²) in [5, 5.41) is 7.68. The largest absolute Gasteiger partial charge is 0.339 e. The molecule has 0 radical (unpaired) electrons. The highest BCUT2D eigenvalue weighted by molar-refractivity contribution is 6.31. The maximum Gasteiger partial charge on any atom is 0.255 e. The van der Waals surface area contributed by atoms with E-state index in [0.717, 1.165) is 29.5 Å². The molecule has 5 rings (SSSR count). The Hall–Kier alpha value is -3.90. The van der Waals surface area contributed by atoms with E-state index in [2.05, 4.69) is 34.7 Å². The maximum atomic E-state index is 13.3. The average Bonchev–Trinajstić information content (AvgIpc) is 3.36. The van der Waals surface area contributed by atoms with E-state index in [4.69, 9.17) is 11.6 Å². The Bertz CT molecular complexity index is 1440. The fraction of sp³-hybridized carbons (Fsp3) is 0.233. The Kier molecular flexibility index (Phi) is 7.10. The van der Waals surface area contributed by atoms with Gasteiger partial charge in [-0.25, -0.2) is 0 Å². The van der Waals surface area contributed by atoms with Crippen molar-refractivity contribution < 1.29 is 9.59 Å². The third-order valence-electron chi connectivity index (χ3n) is 7.02. The van der Waals surface area contributed by atoms with Gasteiger partial charge in [0.15, 0.2) is 0 Å². The van der Waals surface area contributed by atoms with Crippen molar-refractivity contribution in [3.05, 3.63) is 106 Å². The van der Waals surface area contributed by atoms with Gasteiger partial charge in [-0.2, -0.15) is 5.10 Å². The van der Waals surface area contributed by atoms with Gasteiger partial charge in [0.1, 0.15) is 0 Å². The molecule has 37 heavy (non-hydrogen) atoms. The number of carbonyl (C=O) groups is 2. The molecule has 0 spiro atoms. The van der Waals surface area contributed by atoms with Gasteiger partial charge >= 0.3 is 0 Å². The topological polar surface area (TPSA) is 67.2 Å². The number of amides is 2. The highest BCUT2D eigenvalue weighted by Crippen LogP contribution is 2.31. The van der Waals surface area contributed by atoms with Crippen molar-refractivity contribution in [3.63, 3.8) is 0 Å². The number of aromatic nitrogens is 2. The van der Waals surface area contributed by atoms with E-state index >= 15 is 0 Å². The van der Waals surface area contributed by atoms with Crippen LogP contribution in [0.2, 0.25) is 5.02 Å². The number of carbonyl (C=O) groups excluding carboxylic acids is 2. The second-order valence-corrected chi connectivity index (χ2v) is 10.0. The number of nitrogens with zero attached hydrogens (tertiary/aromatic N) is 3. The monoisotopic (exact) mass is 512 g/mol. The lowest BCUT2D eigenvalue weighted by molar-refractivity contribution is 0.0712. The van der Waals surface area contributed by atoms with Crippen molar-refractivity contribution >= 4 is 29.1 Å². The molecule has 1 N–H and O–H groups in total. The first-order valence-corrected chi connectivity index (χ1v) is 12.8. The predicted molar refractivity (Wildman–Crippen MR) is 147 cm³/mol. The van der Waals surface area contributed by atoms with Gasteiger partial charge in [-0.05, 0) is 72.7 Å². The van der Waals surface area contributed by atoms with Gasteiger partial charge in [0.25, 0.3) is 11.8 Å². The van der Waals surface area contributed by atoms with Gasteiger partial charge in [-0.1, -0.05) is 48.0 Å². The molecule has 2 heterocycles. The van der Waals surface area contributed by atoms with E-state index in [1.807, 2.05) is 43.4 Å². The Morgan fingerprint density at radius 2 is 1.70 bits per heavy atom. The van der Waals surface area contributed by atoms with E-state index in [0.29, 0.717) is 40.8 Å². The molecule has 0 saturated carbocycles. The van der Waals surface area contributed by atoms with E-state index in [9.17, 15) is 9.59 Å². The average molecular weight is 513 g/mol. The van der Waals surface area contributed by atoms with Crippen molar-refractivity contribution in [3.8, 4) is 11.1 Å². The molecule has 3 aromatic carbocycles. The Balaban J connectivity index is 1.22. The molecule has 0 atom stereocenters. The fourth-order valence-electron chi connectivity index (χ4n) is 4.83. The Morgan fingerprint density at radius 1 is 0.946 bits per heavy atom. The molecule has 0 bridgehead atoms. The smallest absolute Gasteiger partial charge is 0.255 e. The highest BCUT2D eigenvalue weighted by Gasteiger charge is 2.25. The number of nitrogens with one attached hydrogen (secondary N) is 1. The zero-order valence-electron chi connectivity index (χ0n) is 20.9. The molecule has 0 aliphatic carbocycles. The van der Waals surface area contributed by atoms with Gasteiger partial charge in [-0.3, -0.25) is 14.3 Å². The SMILES string of the molecule is Cc1ccc(C(=O)N2CCC(c3ccc(-c4cnn(C)c4)cc3)CC2)cc1NC(=O)c1cccc(Cl)c1. The van der Waals surface area contributed by atoms with Gasteiger partial charge < -0.3 is 10.2 Å². The fourth-order valence-corrected chi connectivity index (χ4v) is 5.02. The van der Waals surface area contributed by atoms with Crippen molar-refractivity contribution in [2.45, 2.75) is 25.7 Å². The summed E-state index contributed by atoms with van der Waals surface area (Å²) in [4.78, 5) is 27.9. The number of anilines is 1. The summed E-state index contributed by atoms with van der Waals surface area (Å²) in [7, 11) is 1.92. The second-order valence-electron chi connectivity index (χ2n) is 9.59. The lowest BCUT2D eigenvalue weighted by atomic mass is 9.88. The number of likely N-dealkylation sites (tertiary alicyclic amines) is 1. The third kappa shape index (κ3) is 5.59. The van der Waals surface area contributed by atoms with Gasteiger partial charge in [0.2, 0.25) is 0 Å². The van der Waals surface area contributed by atoms with Crippen molar-refractivity contribution in [1.82, 2.24) is 14.7 Å². The zero-order valence-corrected chi connectivity index (χ0v) is 21.7. The van der Waals surface area contributed by atoms with Gasteiger partial charge in [0, 0.05) is 53.7 Å². The van der Waals surface area contributed by atoms with Crippen LogP contribution >= 0.6 is 11.6 Å². The first kappa shape index (κ1) is 24.8. The minimum atomic E-state index is -0.259. The van der Waals surface area contributed by atoms with Crippen LogP contribution in [0.5, 0.6) is 0 Å². The van der Waals surface area contributed by atoms with E-state index in [-0.39, 0.29) is 11.8 Å². The standard InChI is InChI=1S/C30H29ClN4O2/c1-20-6-7-25(17-28(20)33-29(36)24-4-3-5-27(31)16-24)30(37)35-14-12-23(13-15-35)21-8-10-22(11-9-21)26-18-32-34(2)19-26/h3-11,16-19,23H,12-15H2,1-2H3,(H,33,36). The number of hydrogen-bond donors (Lipinski definition) is 1. The van der Waals surface area contributed by atoms with Crippen LogP contribution < -0.4 is 5.32 Å². The highest BCUT2D eigenvalue weighted by atomic mass is 35.5. The van der Waals surface area contributed by atoms with E-state index in [1.165, 1.54) is 5.56 Å². The van der Waals surface area contributed by atoms with Crippen molar-refractivity contribution in [2.24, 2.45) is 7.05 Å². The maximum absolute atomic E-state index is 13.3. The minimum absolute atomic E-state index is 0.0105. The first-order chi connectivity index (χ1) is 17.9. The molecule has 0 unspecified atom stereocenters. The summed E-state index contributed by atoms with van der Waals surface area (Å²) in [5.74, 6) is 0.159. The number of hydrogen-bond acceptors (Lipinski definition) is 3. The molecule has 1 aliphatic rings. The summed E-state index contributed by atoms with van der Waals surface area (Å²) in [6.45, 7) is 3.31. The quantitative estimate of drug-likeness (QED) is 0.340. The lowest BCUT2D eigenvalue weighted by Crippen LogP contribution is -2.38. The van der Waals surface area contributed by atoms with Crippen molar-refractivity contribution in [1.29, 1.82) is 0 Å². The molecule has 2 amide bonds. The van der Waals surface area contributed by atoms with Crippen LogP contribution in [0.3, 0.4) is 0 Å². The molecular weight excluding hydrogens is 484 g/mol. The van der Waals surface area contributed by atoms with Crippen LogP contribution in [0, 0.1) is 6.92 Å². The number of rotatable bonds is 5. The molecule has 4 aromatic rings. The zero-order chi connectivity index (χ0) is 25.9. The normalized spacial score (nSPS) is 14.0. The molecule has 188 valence electrons. The summed E-state index contributed by atoms with van der Waals surface area (Å²) >= 11 is 6.03. The van der Waals surface area contributed by atoms with Crippen LogP contribution in [0.15, 0.2) is 79.1 Å². The molecule has 7 heteroatoms. The van der Waals surface area contributed by atoms with Crippen LogP contribution in [-0.2, 0) is 7.05 Å². The molecule has 1 fully saturated rings. The summed E-state index contributed by atoms with van der Waals surface area (Å²) in [5.41, 5.74) is 6.13. The lowest BCUT2D eigenvalue weighted by Gasteiger charge is -2.32. The van der Waals surface area contributed by atoms with Crippen LogP contribution in [0.4, 0.5) is 5.69 Å². The van der Waals surface area contributed by atoms with E-state index in [1.54, 1.807) is 35.0 Å². The van der Waals surface area contributed by atoms with Gasteiger partial charge in [-0.15, -0.1) is 0 Å². The van der Waals surface area contributed by atoms with Crippen molar-refractivity contribution in [2.75, 3.05) is 18.4 Å². The minimum Gasteiger partial charge on any atom is -0.339 e. The third-order valence-corrected chi connectivity index (χ3v) is 7.26. The second kappa shape index (κ2) is 10.6.